The fourth-order valence-electron chi connectivity index (χ4n) is 2.22. The molecule has 0 amide bonds. The number of nitrogens with zero attached hydrogens (tertiary/aromatic N) is 3. The summed E-state index contributed by atoms with van der Waals surface area (Å²) >= 11 is 5.53. The Bertz CT molecular complexity index is 433. The quantitative estimate of drug-likeness (QED) is 0.833. The van der Waals surface area contributed by atoms with E-state index in [1.54, 1.807) is 0 Å². The molecule has 1 N–H and O–H groups in total. The molecule has 0 radical (unpaired) electrons. The summed E-state index contributed by atoms with van der Waals surface area (Å²) in [4.78, 5) is 11.6. The van der Waals surface area contributed by atoms with Crippen LogP contribution in [0.1, 0.15) is 24.6 Å². The molecule has 0 spiro atoms. The Balaban J connectivity index is 1.51. The van der Waals surface area contributed by atoms with Crippen LogP contribution in [0.4, 0.5) is 5.82 Å². The molecule has 6 heteroatoms. The maximum absolute atomic E-state index is 4.60. The minimum absolute atomic E-state index is 0.595. The first-order chi connectivity index (χ1) is 9.31. The number of thioether (sulfide) groups is 1. The van der Waals surface area contributed by atoms with E-state index in [0.717, 1.165) is 29.3 Å². The molecule has 1 saturated carbocycles. The predicted molar refractivity (Wildman–Crippen MR) is 84.0 cm³/mol. The summed E-state index contributed by atoms with van der Waals surface area (Å²) in [6.07, 6.45) is 2.47. The molecule has 2 heterocycles. The second-order valence-electron chi connectivity index (χ2n) is 5.09. The van der Waals surface area contributed by atoms with Crippen LogP contribution in [0, 0.1) is 0 Å². The van der Waals surface area contributed by atoms with E-state index in [4.69, 9.17) is 0 Å². The molecule has 1 aliphatic carbocycles. The Kier molecular flexibility index (Phi) is 4.61. The number of anilines is 1. The molecular formula is C13H19BrN4S. The third kappa shape index (κ3) is 4.07. The molecule has 1 saturated heterocycles. The number of nitrogens with one attached hydrogen (secondary N) is 1. The maximum atomic E-state index is 4.60. The summed E-state index contributed by atoms with van der Waals surface area (Å²) in [6.45, 7) is 4.49. The molecule has 4 nitrogen and oxygen atoms in total. The molecule has 0 aromatic carbocycles. The van der Waals surface area contributed by atoms with Crippen LogP contribution in [-0.2, 0) is 0 Å². The molecule has 2 fully saturated rings. The monoisotopic (exact) mass is 342 g/mol. The SMILES string of the molecule is Brc1cc(NCCN2CCSCC2)nc(C2CC2)n1. The lowest BCUT2D eigenvalue weighted by atomic mass is 10.4. The standard InChI is InChI=1S/C13H19BrN4S/c14-11-9-12(17-13(16-11)10-1-2-10)15-3-4-18-5-7-19-8-6-18/h9-10H,1-8H2,(H,15,16,17). The smallest absolute Gasteiger partial charge is 0.135 e. The maximum Gasteiger partial charge on any atom is 0.135 e. The highest BCUT2D eigenvalue weighted by molar-refractivity contribution is 9.10. The number of aromatic nitrogens is 2. The predicted octanol–water partition coefficient (Wildman–Crippen LogP) is 2.58. The first kappa shape index (κ1) is 13.6. The van der Waals surface area contributed by atoms with Crippen molar-refractivity contribution < 1.29 is 0 Å². The average Bonchev–Trinajstić information content (AvgIpc) is 3.24. The summed E-state index contributed by atoms with van der Waals surface area (Å²) in [5.41, 5.74) is 0. The second-order valence-corrected chi connectivity index (χ2v) is 7.13. The lowest BCUT2D eigenvalue weighted by molar-refractivity contribution is 0.314. The van der Waals surface area contributed by atoms with Crippen molar-refractivity contribution in [1.82, 2.24) is 14.9 Å². The van der Waals surface area contributed by atoms with Gasteiger partial charge in [0.25, 0.3) is 0 Å². The van der Waals surface area contributed by atoms with Gasteiger partial charge in [-0.1, -0.05) is 0 Å². The Hall–Kier alpha value is -0.330. The van der Waals surface area contributed by atoms with Gasteiger partial charge in [0.2, 0.25) is 0 Å². The summed E-state index contributed by atoms with van der Waals surface area (Å²) in [7, 11) is 0. The highest BCUT2D eigenvalue weighted by Crippen LogP contribution is 2.38. The number of rotatable bonds is 5. The van der Waals surface area contributed by atoms with E-state index in [0.29, 0.717) is 5.92 Å². The normalized spacial score (nSPS) is 20.5. The van der Waals surface area contributed by atoms with Gasteiger partial charge >= 0.3 is 0 Å². The van der Waals surface area contributed by atoms with E-state index in [9.17, 15) is 0 Å². The Morgan fingerprint density at radius 2 is 2.11 bits per heavy atom. The van der Waals surface area contributed by atoms with Gasteiger partial charge in [-0.2, -0.15) is 11.8 Å². The van der Waals surface area contributed by atoms with Crippen LogP contribution in [0.25, 0.3) is 0 Å². The molecule has 1 aromatic heterocycles. The van der Waals surface area contributed by atoms with Crippen molar-refractivity contribution in [3.05, 3.63) is 16.5 Å². The van der Waals surface area contributed by atoms with Crippen LogP contribution in [0.3, 0.4) is 0 Å². The summed E-state index contributed by atoms with van der Waals surface area (Å²) < 4.78 is 0.890. The van der Waals surface area contributed by atoms with Crippen molar-refractivity contribution in [2.45, 2.75) is 18.8 Å². The molecule has 1 aliphatic heterocycles. The molecule has 3 rings (SSSR count). The van der Waals surface area contributed by atoms with Gasteiger partial charge in [0, 0.05) is 49.7 Å². The van der Waals surface area contributed by atoms with Gasteiger partial charge in [-0.3, -0.25) is 4.90 Å². The second kappa shape index (κ2) is 6.41. The van der Waals surface area contributed by atoms with Gasteiger partial charge in [-0.15, -0.1) is 0 Å². The Labute approximate surface area is 126 Å². The first-order valence-electron chi connectivity index (χ1n) is 6.90. The van der Waals surface area contributed by atoms with Gasteiger partial charge in [0.05, 0.1) is 0 Å². The molecule has 19 heavy (non-hydrogen) atoms. The molecule has 104 valence electrons. The Morgan fingerprint density at radius 1 is 1.32 bits per heavy atom. The van der Waals surface area contributed by atoms with Crippen molar-refractivity contribution in [3.8, 4) is 0 Å². The van der Waals surface area contributed by atoms with Crippen LogP contribution >= 0.6 is 27.7 Å². The van der Waals surface area contributed by atoms with Crippen molar-refractivity contribution >= 4 is 33.5 Å². The zero-order chi connectivity index (χ0) is 13.1. The van der Waals surface area contributed by atoms with Gasteiger partial charge in [0.1, 0.15) is 16.2 Å². The highest BCUT2D eigenvalue weighted by Gasteiger charge is 2.27. The van der Waals surface area contributed by atoms with E-state index in [1.165, 1.54) is 37.4 Å². The van der Waals surface area contributed by atoms with E-state index in [2.05, 4.69) is 47.9 Å². The molecule has 0 bridgehead atoms. The number of halogens is 1. The minimum Gasteiger partial charge on any atom is -0.369 e. The third-order valence-corrected chi connectivity index (χ3v) is 4.84. The van der Waals surface area contributed by atoms with E-state index < -0.39 is 0 Å². The Morgan fingerprint density at radius 3 is 2.84 bits per heavy atom. The van der Waals surface area contributed by atoms with Gasteiger partial charge in [0.15, 0.2) is 0 Å². The molecule has 2 aliphatic rings. The van der Waals surface area contributed by atoms with Crippen LogP contribution in [0.15, 0.2) is 10.7 Å². The average molecular weight is 343 g/mol. The lowest BCUT2D eigenvalue weighted by Gasteiger charge is -2.26. The highest BCUT2D eigenvalue weighted by atomic mass is 79.9. The van der Waals surface area contributed by atoms with Gasteiger partial charge < -0.3 is 5.32 Å². The van der Waals surface area contributed by atoms with Gasteiger partial charge in [-0.05, 0) is 28.8 Å². The van der Waals surface area contributed by atoms with E-state index >= 15 is 0 Å². The van der Waals surface area contributed by atoms with Crippen LogP contribution in [-0.4, -0.2) is 52.6 Å². The van der Waals surface area contributed by atoms with E-state index in [1.807, 2.05) is 6.07 Å². The topological polar surface area (TPSA) is 41.0 Å². The fraction of sp³-hybridized carbons (Fsp3) is 0.692. The van der Waals surface area contributed by atoms with Crippen LogP contribution in [0.2, 0.25) is 0 Å². The summed E-state index contributed by atoms with van der Waals surface area (Å²) in [5.74, 6) is 5.08. The molecule has 0 atom stereocenters. The number of hydrogen-bond donors (Lipinski definition) is 1. The summed E-state index contributed by atoms with van der Waals surface area (Å²) in [6, 6.07) is 1.97. The van der Waals surface area contributed by atoms with Gasteiger partial charge in [-0.25, -0.2) is 9.97 Å². The van der Waals surface area contributed by atoms with Crippen molar-refractivity contribution in [1.29, 1.82) is 0 Å². The van der Waals surface area contributed by atoms with Crippen molar-refractivity contribution in [3.63, 3.8) is 0 Å². The van der Waals surface area contributed by atoms with Crippen LogP contribution in [0.5, 0.6) is 0 Å². The zero-order valence-electron chi connectivity index (χ0n) is 10.9. The largest absolute Gasteiger partial charge is 0.369 e. The fourth-order valence-corrected chi connectivity index (χ4v) is 3.59. The zero-order valence-corrected chi connectivity index (χ0v) is 13.3. The third-order valence-electron chi connectivity index (χ3n) is 3.49. The minimum atomic E-state index is 0.595. The van der Waals surface area contributed by atoms with Crippen LogP contribution < -0.4 is 5.32 Å². The van der Waals surface area contributed by atoms with Crippen molar-refractivity contribution in [2.24, 2.45) is 0 Å². The molecule has 0 unspecified atom stereocenters. The molecular weight excluding hydrogens is 324 g/mol. The number of hydrogen-bond acceptors (Lipinski definition) is 5. The first-order valence-corrected chi connectivity index (χ1v) is 8.84. The summed E-state index contributed by atoms with van der Waals surface area (Å²) in [5, 5.41) is 3.43. The lowest BCUT2D eigenvalue weighted by Crippen LogP contribution is -2.36. The molecule has 1 aromatic rings. The van der Waals surface area contributed by atoms with Crippen molar-refractivity contribution in [2.75, 3.05) is 43.0 Å². The van der Waals surface area contributed by atoms with E-state index in [-0.39, 0.29) is 0 Å².